The Morgan fingerprint density at radius 1 is 0.947 bits per heavy atom. The standard InChI is InChI=1S/C28H31N3O6S/c1-18-23(17-38-28-29-13-2-14-30-28)36-27(37-26(18)21-7-5-20(16-32)6-8-21)22-9-3-19(4-10-22)15-31-24(33)11-12-25(34)35/h2-10,13-14,18,23,26-27,32H,11-12,15-17H2,1H3,(H,31,33)(H,34,35)/t18-,23+,26+,27+/m1/s1. The van der Waals surface area contributed by atoms with E-state index in [2.05, 4.69) is 22.2 Å². The van der Waals surface area contributed by atoms with Gasteiger partial charge < -0.3 is 25.0 Å². The summed E-state index contributed by atoms with van der Waals surface area (Å²) in [6.45, 7) is 2.39. The molecule has 1 fully saturated rings. The average Bonchev–Trinajstić information content (AvgIpc) is 2.95. The Morgan fingerprint density at radius 3 is 2.26 bits per heavy atom. The van der Waals surface area contributed by atoms with E-state index in [0.29, 0.717) is 17.5 Å². The molecule has 4 rings (SSSR count). The summed E-state index contributed by atoms with van der Waals surface area (Å²) in [5.74, 6) is -0.608. The van der Waals surface area contributed by atoms with Crippen LogP contribution in [0.4, 0.5) is 0 Å². The van der Waals surface area contributed by atoms with Gasteiger partial charge in [0.25, 0.3) is 0 Å². The average molecular weight is 538 g/mol. The van der Waals surface area contributed by atoms with Gasteiger partial charge in [-0.15, -0.1) is 0 Å². The number of carboxylic acids is 1. The van der Waals surface area contributed by atoms with Crippen molar-refractivity contribution >= 4 is 23.6 Å². The number of aromatic nitrogens is 2. The Kier molecular flexibility index (Phi) is 9.83. The van der Waals surface area contributed by atoms with E-state index < -0.39 is 12.3 Å². The third-order valence-electron chi connectivity index (χ3n) is 6.35. The summed E-state index contributed by atoms with van der Waals surface area (Å²) in [6, 6.07) is 17.2. The molecular formula is C28H31N3O6S. The van der Waals surface area contributed by atoms with E-state index in [-0.39, 0.29) is 43.5 Å². The highest BCUT2D eigenvalue weighted by Crippen LogP contribution is 2.42. The minimum absolute atomic E-state index is 0.0181. The Balaban J connectivity index is 1.47. The van der Waals surface area contributed by atoms with Gasteiger partial charge in [-0.2, -0.15) is 0 Å². The number of aliphatic hydroxyl groups is 1. The minimum atomic E-state index is -0.998. The molecule has 0 unspecified atom stereocenters. The molecule has 3 N–H and O–H groups in total. The molecule has 3 aromatic rings. The van der Waals surface area contributed by atoms with Gasteiger partial charge in [-0.25, -0.2) is 9.97 Å². The number of aliphatic hydroxyl groups excluding tert-OH is 1. The van der Waals surface area contributed by atoms with E-state index in [0.717, 1.165) is 22.3 Å². The molecule has 1 aliphatic rings. The van der Waals surface area contributed by atoms with E-state index >= 15 is 0 Å². The zero-order valence-corrected chi connectivity index (χ0v) is 21.8. The molecule has 2 heterocycles. The summed E-state index contributed by atoms with van der Waals surface area (Å²) in [7, 11) is 0. The fourth-order valence-corrected chi connectivity index (χ4v) is 5.09. The smallest absolute Gasteiger partial charge is 0.303 e. The van der Waals surface area contributed by atoms with Crippen LogP contribution in [0.5, 0.6) is 0 Å². The number of hydrogen-bond donors (Lipinski definition) is 3. The maximum atomic E-state index is 11.8. The quantitative estimate of drug-likeness (QED) is 0.245. The Hall–Kier alpha value is -3.31. The van der Waals surface area contributed by atoms with Crippen molar-refractivity contribution in [2.24, 2.45) is 5.92 Å². The molecule has 200 valence electrons. The Morgan fingerprint density at radius 2 is 1.61 bits per heavy atom. The normalized spacial score (nSPS) is 21.1. The van der Waals surface area contributed by atoms with Crippen LogP contribution in [0.3, 0.4) is 0 Å². The van der Waals surface area contributed by atoms with Gasteiger partial charge in [-0.1, -0.05) is 67.2 Å². The number of carboxylic acid groups (broad SMARTS) is 1. The maximum absolute atomic E-state index is 11.8. The number of thioether (sulfide) groups is 1. The van der Waals surface area contributed by atoms with Crippen molar-refractivity contribution in [2.45, 2.75) is 56.6 Å². The molecule has 0 saturated carbocycles. The maximum Gasteiger partial charge on any atom is 0.303 e. The van der Waals surface area contributed by atoms with Crippen LogP contribution in [0.2, 0.25) is 0 Å². The largest absolute Gasteiger partial charge is 0.481 e. The molecule has 9 nitrogen and oxygen atoms in total. The lowest BCUT2D eigenvalue weighted by Crippen LogP contribution is -2.38. The third kappa shape index (κ3) is 7.61. The Labute approximate surface area is 225 Å². The van der Waals surface area contributed by atoms with Crippen LogP contribution in [0.25, 0.3) is 0 Å². The minimum Gasteiger partial charge on any atom is -0.481 e. The molecule has 0 aliphatic carbocycles. The molecule has 0 radical (unpaired) electrons. The molecule has 38 heavy (non-hydrogen) atoms. The van der Waals surface area contributed by atoms with Crippen LogP contribution < -0.4 is 5.32 Å². The second-order valence-electron chi connectivity index (χ2n) is 9.08. The van der Waals surface area contributed by atoms with Crippen LogP contribution in [-0.4, -0.2) is 43.9 Å². The van der Waals surface area contributed by atoms with Crippen LogP contribution >= 0.6 is 11.8 Å². The molecule has 1 amide bonds. The van der Waals surface area contributed by atoms with Gasteiger partial charge in [0.1, 0.15) is 0 Å². The number of benzene rings is 2. The number of amides is 1. The summed E-state index contributed by atoms with van der Waals surface area (Å²) in [6.07, 6.45) is 2.22. The van der Waals surface area contributed by atoms with Gasteiger partial charge in [0.05, 0.1) is 25.2 Å². The first kappa shape index (κ1) is 27.7. The van der Waals surface area contributed by atoms with Gasteiger partial charge >= 0.3 is 5.97 Å². The molecular weight excluding hydrogens is 506 g/mol. The first-order valence-electron chi connectivity index (χ1n) is 12.4. The zero-order chi connectivity index (χ0) is 26.9. The van der Waals surface area contributed by atoms with Gasteiger partial charge in [0, 0.05) is 42.6 Å². The molecule has 1 saturated heterocycles. The molecule has 1 aromatic heterocycles. The molecule has 2 aromatic carbocycles. The topological polar surface area (TPSA) is 131 Å². The highest BCUT2D eigenvalue weighted by molar-refractivity contribution is 7.99. The number of carbonyl (C=O) groups is 2. The van der Waals surface area contributed by atoms with E-state index in [1.165, 1.54) is 11.8 Å². The third-order valence-corrected chi connectivity index (χ3v) is 7.31. The molecule has 0 bridgehead atoms. The predicted octanol–water partition coefficient (Wildman–Crippen LogP) is 4.03. The number of nitrogens with one attached hydrogen (secondary N) is 1. The van der Waals surface area contributed by atoms with Gasteiger partial charge in [0.15, 0.2) is 11.4 Å². The fourth-order valence-electron chi connectivity index (χ4n) is 4.13. The highest BCUT2D eigenvalue weighted by Gasteiger charge is 2.38. The number of ether oxygens (including phenoxy) is 2. The van der Waals surface area contributed by atoms with Crippen LogP contribution in [-0.2, 0) is 32.2 Å². The number of hydrogen-bond acceptors (Lipinski definition) is 8. The second kappa shape index (κ2) is 13.5. The molecule has 0 spiro atoms. The van der Waals surface area contributed by atoms with Crippen molar-refractivity contribution in [2.75, 3.05) is 5.75 Å². The monoisotopic (exact) mass is 537 g/mol. The Bertz CT molecular complexity index is 1190. The molecule has 4 atom stereocenters. The van der Waals surface area contributed by atoms with Gasteiger partial charge in [-0.3, -0.25) is 9.59 Å². The van der Waals surface area contributed by atoms with E-state index in [1.54, 1.807) is 18.5 Å². The van der Waals surface area contributed by atoms with Crippen LogP contribution in [0, 0.1) is 5.92 Å². The van der Waals surface area contributed by atoms with Crippen LogP contribution in [0.1, 0.15) is 54.4 Å². The SMILES string of the molecule is C[C@@H]1[C@H](CSc2ncccn2)O[C@H](c2ccc(CNC(=O)CCC(=O)O)cc2)O[C@@H]1c1ccc(CO)cc1. The number of rotatable bonds is 11. The van der Waals surface area contributed by atoms with Crippen molar-refractivity contribution in [1.29, 1.82) is 0 Å². The zero-order valence-electron chi connectivity index (χ0n) is 21.0. The van der Waals surface area contributed by atoms with Crippen molar-refractivity contribution in [3.8, 4) is 0 Å². The summed E-state index contributed by atoms with van der Waals surface area (Å²) in [5.41, 5.74) is 3.57. The van der Waals surface area contributed by atoms with Crippen molar-refractivity contribution in [3.63, 3.8) is 0 Å². The summed E-state index contributed by atoms with van der Waals surface area (Å²) >= 11 is 1.54. The first-order valence-corrected chi connectivity index (χ1v) is 13.4. The van der Waals surface area contributed by atoms with E-state index in [4.69, 9.17) is 14.6 Å². The fraction of sp³-hybridized carbons (Fsp3) is 0.357. The predicted molar refractivity (Wildman–Crippen MR) is 141 cm³/mol. The second-order valence-corrected chi connectivity index (χ2v) is 10.1. The molecule has 10 heteroatoms. The van der Waals surface area contributed by atoms with Gasteiger partial charge in [-0.05, 0) is 22.8 Å². The summed E-state index contributed by atoms with van der Waals surface area (Å²) in [5, 5.41) is 21.6. The number of nitrogens with zero attached hydrogens (tertiary/aromatic N) is 2. The summed E-state index contributed by atoms with van der Waals surface area (Å²) < 4.78 is 12.9. The lowest BCUT2D eigenvalue weighted by atomic mass is 9.91. The van der Waals surface area contributed by atoms with Crippen molar-refractivity contribution in [3.05, 3.63) is 89.2 Å². The lowest BCUT2D eigenvalue weighted by molar-refractivity contribution is -0.268. The van der Waals surface area contributed by atoms with Crippen LogP contribution in [0.15, 0.2) is 72.1 Å². The van der Waals surface area contributed by atoms with E-state index in [1.807, 2.05) is 48.5 Å². The first-order chi connectivity index (χ1) is 18.4. The highest BCUT2D eigenvalue weighted by atomic mass is 32.2. The van der Waals surface area contributed by atoms with Crippen molar-refractivity contribution < 1.29 is 29.3 Å². The summed E-state index contributed by atoms with van der Waals surface area (Å²) in [4.78, 5) is 31.1. The number of aliphatic carboxylic acids is 1. The lowest BCUT2D eigenvalue weighted by Gasteiger charge is -2.41. The van der Waals surface area contributed by atoms with E-state index in [9.17, 15) is 14.7 Å². The molecule has 1 aliphatic heterocycles. The van der Waals surface area contributed by atoms with Crippen molar-refractivity contribution in [1.82, 2.24) is 15.3 Å². The number of carbonyl (C=O) groups excluding carboxylic acids is 1. The van der Waals surface area contributed by atoms with Gasteiger partial charge in [0.2, 0.25) is 5.91 Å².